The summed E-state index contributed by atoms with van der Waals surface area (Å²) in [6, 6.07) is 9.13. The van der Waals surface area contributed by atoms with E-state index in [2.05, 4.69) is 10.3 Å². The van der Waals surface area contributed by atoms with Crippen LogP contribution in [0.5, 0.6) is 11.6 Å². The quantitative estimate of drug-likeness (QED) is 0.876. The summed E-state index contributed by atoms with van der Waals surface area (Å²) in [7, 11) is 0. The number of nitrogens with zero attached hydrogens (tertiary/aromatic N) is 1. The average Bonchev–Trinajstić information content (AvgIpc) is 2.43. The molecule has 0 amide bonds. The first-order valence-electron chi connectivity index (χ1n) is 6.40. The molecule has 0 atom stereocenters. The van der Waals surface area contributed by atoms with Crippen LogP contribution in [-0.2, 0) is 6.54 Å². The van der Waals surface area contributed by atoms with Crippen molar-refractivity contribution in [2.45, 2.75) is 20.4 Å². The van der Waals surface area contributed by atoms with E-state index in [-0.39, 0.29) is 0 Å². The van der Waals surface area contributed by atoms with Crippen LogP contribution in [0.15, 0.2) is 30.3 Å². The fourth-order valence-electron chi connectivity index (χ4n) is 1.69. The van der Waals surface area contributed by atoms with Crippen LogP contribution in [0.2, 0.25) is 10.0 Å². The van der Waals surface area contributed by atoms with Crippen molar-refractivity contribution in [1.82, 2.24) is 10.3 Å². The maximum atomic E-state index is 6.11. The minimum Gasteiger partial charge on any atom is -0.437 e. The first kappa shape index (κ1) is 15.1. The number of hydrogen-bond donors (Lipinski definition) is 1. The van der Waals surface area contributed by atoms with Gasteiger partial charge in [-0.05, 0) is 37.2 Å². The molecular formula is C15H16Cl2N2O. The van der Waals surface area contributed by atoms with Gasteiger partial charge in [0.1, 0.15) is 5.75 Å². The lowest BCUT2D eigenvalue weighted by atomic mass is 10.2. The van der Waals surface area contributed by atoms with Gasteiger partial charge in [-0.15, -0.1) is 0 Å². The highest BCUT2D eigenvalue weighted by Crippen LogP contribution is 2.30. The molecule has 2 rings (SSSR count). The second-order valence-electron chi connectivity index (χ2n) is 4.39. The predicted octanol–water partition coefficient (Wildman–Crippen LogP) is 4.60. The highest BCUT2D eigenvalue weighted by Gasteiger charge is 2.08. The third-order valence-electron chi connectivity index (χ3n) is 2.74. The molecule has 3 nitrogen and oxygen atoms in total. The minimum absolute atomic E-state index is 0.481. The van der Waals surface area contributed by atoms with Crippen LogP contribution in [0.25, 0.3) is 0 Å². The Morgan fingerprint density at radius 3 is 2.65 bits per heavy atom. The summed E-state index contributed by atoms with van der Waals surface area (Å²) in [5.41, 5.74) is 1.83. The summed E-state index contributed by atoms with van der Waals surface area (Å²) >= 11 is 12.2. The number of aryl methyl sites for hydroxylation is 1. The smallest absolute Gasteiger partial charge is 0.219 e. The van der Waals surface area contributed by atoms with E-state index in [1.165, 1.54) is 0 Å². The van der Waals surface area contributed by atoms with E-state index in [4.69, 9.17) is 27.9 Å². The molecule has 0 aliphatic heterocycles. The summed E-state index contributed by atoms with van der Waals surface area (Å²) in [6.07, 6.45) is 0. The fourth-order valence-corrected chi connectivity index (χ4v) is 2.02. The summed E-state index contributed by atoms with van der Waals surface area (Å²) in [5.74, 6) is 1.07. The number of halogens is 2. The van der Waals surface area contributed by atoms with Gasteiger partial charge in [0.05, 0.1) is 15.7 Å². The number of hydrogen-bond acceptors (Lipinski definition) is 3. The van der Waals surface area contributed by atoms with Gasteiger partial charge in [0, 0.05) is 12.6 Å². The molecule has 0 bridgehead atoms. The number of aromatic nitrogens is 1. The molecule has 20 heavy (non-hydrogen) atoms. The van der Waals surface area contributed by atoms with Crippen LogP contribution < -0.4 is 10.1 Å². The lowest BCUT2D eigenvalue weighted by molar-refractivity contribution is 0.459. The van der Waals surface area contributed by atoms with Crippen LogP contribution in [0.4, 0.5) is 0 Å². The summed E-state index contributed by atoms with van der Waals surface area (Å²) < 4.78 is 5.74. The zero-order valence-electron chi connectivity index (χ0n) is 11.4. The Bertz CT molecular complexity index is 602. The maximum absolute atomic E-state index is 6.11. The van der Waals surface area contributed by atoms with Gasteiger partial charge in [0.2, 0.25) is 5.88 Å². The Hall–Kier alpha value is -1.29. The largest absolute Gasteiger partial charge is 0.437 e. The first-order valence-corrected chi connectivity index (χ1v) is 7.16. The Balaban J connectivity index is 2.22. The van der Waals surface area contributed by atoms with Crippen LogP contribution in [0.1, 0.15) is 18.2 Å². The third-order valence-corrected chi connectivity index (χ3v) is 3.39. The van der Waals surface area contributed by atoms with Crippen molar-refractivity contribution < 1.29 is 4.74 Å². The first-order chi connectivity index (χ1) is 9.60. The zero-order chi connectivity index (χ0) is 14.5. The second-order valence-corrected chi connectivity index (χ2v) is 5.21. The molecule has 0 saturated carbocycles. The summed E-state index contributed by atoms with van der Waals surface area (Å²) in [4.78, 5) is 4.40. The molecule has 1 N–H and O–H groups in total. The van der Waals surface area contributed by atoms with E-state index in [9.17, 15) is 0 Å². The van der Waals surface area contributed by atoms with Crippen LogP contribution in [-0.4, -0.2) is 11.5 Å². The lowest BCUT2D eigenvalue weighted by Crippen LogP contribution is -2.13. The Labute approximate surface area is 128 Å². The fraction of sp³-hybridized carbons (Fsp3) is 0.267. The molecule has 0 spiro atoms. The van der Waals surface area contributed by atoms with Gasteiger partial charge in [-0.25, -0.2) is 4.98 Å². The van der Waals surface area contributed by atoms with Crippen molar-refractivity contribution in [3.8, 4) is 11.6 Å². The topological polar surface area (TPSA) is 34.2 Å². The molecule has 0 aliphatic rings. The van der Waals surface area contributed by atoms with E-state index in [1.54, 1.807) is 12.1 Å². The van der Waals surface area contributed by atoms with Crippen molar-refractivity contribution in [2.75, 3.05) is 6.54 Å². The molecule has 0 saturated heterocycles. The van der Waals surface area contributed by atoms with Crippen molar-refractivity contribution >= 4 is 23.2 Å². The van der Waals surface area contributed by atoms with E-state index >= 15 is 0 Å². The number of rotatable bonds is 5. The molecule has 0 unspecified atom stereocenters. The molecule has 0 aliphatic carbocycles. The second kappa shape index (κ2) is 6.93. The van der Waals surface area contributed by atoms with Crippen molar-refractivity contribution in [2.24, 2.45) is 0 Å². The van der Waals surface area contributed by atoms with E-state index < -0.39 is 0 Å². The molecule has 0 fully saturated rings. The van der Waals surface area contributed by atoms with Crippen molar-refractivity contribution in [3.05, 3.63) is 51.6 Å². The highest BCUT2D eigenvalue weighted by molar-refractivity contribution is 6.32. The molecule has 0 radical (unpaired) electrons. The van der Waals surface area contributed by atoms with Gasteiger partial charge in [-0.1, -0.05) is 36.2 Å². The van der Waals surface area contributed by atoms with Crippen LogP contribution in [0, 0.1) is 6.92 Å². The zero-order valence-corrected chi connectivity index (χ0v) is 12.9. The Kier molecular flexibility index (Phi) is 5.24. The van der Waals surface area contributed by atoms with Gasteiger partial charge in [-0.2, -0.15) is 0 Å². The van der Waals surface area contributed by atoms with Gasteiger partial charge < -0.3 is 10.1 Å². The highest BCUT2D eigenvalue weighted by atomic mass is 35.5. The van der Waals surface area contributed by atoms with Crippen molar-refractivity contribution in [3.63, 3.8) is 0 Å². The van der Waals surface area contributed by atoms with E-state index in [0.29, 0.717) is 28.2 Å². The van der Waals surface area contributed by atoms with Crippen molar-refractivity contribution in [1.29, 1.82) is 0 Å². The van der Waals surface area contributed by atoms with Gasteiger partial charge in [0.25, 0.3) is 0 Å². The molecule has 5 heteroatoms. The Morgan fingerprint density at radius 2 is 1.90 bits per heavy atom. The van der Waals surface area contributed by atoms with Crippen LogP contribution in [0.3, 0.4) is 0 Å². The monoisotopic (exact) mass is 310 g/mol. The molecule has 1 heterocycles. The third kappa shape index (κ3) is 3.85. The number of pyridine rings is 1. The van der Waals surface area contributed by atoms with Crippen LogP contribution >= 0.6 is 23.2 Å². The lowest BCUT2D eigenvalue weighted by Gasteiger charge is -2.10. The Morgan fingerprint density at radius 1 is 1.15 bits per heavy atom. The SMILES string of the molecule is CCNCc1nc(Oc2cc(C)ccc2Cl)ccc1Cl. The normalized spacial score (nSPS) is 10.6. The van der Waals surface area contributed by atoms with E-state index in [1.807, 2.05) is 32.0 Å². The summed E-state index contributed by atoms with van der Waals surface area (Å²) in [6.45, 7) is 5.47. The summed E-state index contributed by atoms with van der Waals surface area (Å²) in [5, 5.41) is 4.36. The molecular weight excluding hydrogens is 295 g/mol. The van der Waals surface area contributed by atoms with E-state index in [0.717, 1.165) is 17.8 Å². The average molecular weight is 311 g/mol. The number of benzene rings is 1. The standard InChI is InChI=1S/C15H16Cl2N2O/c1-3-18-9-13-11(16)6-7-15(19-13)20-14-8-10(2)4-5-12(14)17/h4-8,18H,3,9H2,1-2H3. The maximum Gasteiger partial charge on any atom is 0.219 e. The molecule has 1 aromatic heterocycles. The predicted molar refractivity (Wildman–Crippen MR) is 82.9 cm³/mol. The molecule has 106 valence electrons. The van der Waals surface area contributed by atoms with Gasteiger partial charge >= 0.3 is 0 Å². The molecule has 2 aromatic rings. The molecule has 1 aromatic carbocycles. The number of ether oxygens (including phenoxy) is 1. The number of nitrogens with one attached hydrogen (secondary N) is 1. The minimum atomic E-state index is 0.481. The van der Waals surface area contributed by atoms with Gasteiger partial charge in [-0.3, -0.25) is 0 Å². The van der Waals surface area contributed by atoms with Gasteiger partial charge in [0.15, 0.2) is 0 Å².